The van der Waals surface area contributed by atoms with Gasteiger partial charge in [0.2, 0.25) is 0 Å². The summed E-state index contributed by atoms with van der Waals surface area (Å²) in [6.07, 6.45) is 2.37. The maximum atomic E-state index is 8.94. The monoisotopic (exact) mass is 203 g/mol. The number of hydrogen-bond acceptors (Lipinski definition) is 3. The van der Waals surface area contributed by atoms with Crippen molar-refractivity contribution in [3.05, 3.63) is 45.5 Å². The number of nitrogens with zero attached hydrogens (tertiary/aromatic N) is 1. The molecular weight excluding hydrogens is 194 g/mol. The molecule has 0 atom stereocenters. The Balaban J connectivity index is 2.30. The summed E-state index contributed by atoms with van der Waals surface area (Å²) in [6.45, 7) is 1.96. The summed E-state index contributed by atoms with van der Waals surface area (Å²) in [6, 6.07) is 6.01. The van der Waals surface area contributed by atoms with Gasteiger partial charge in [-0.25, -0.2) is 0 Å². The predicted octanol–water partition coefficient (Wildman–Crippen LogP) is 3.11. The lowest BCUT2D eigenvalue weighted by Crippen LogP contribution is -1.85. The van der Waals surface area contributed by atoms with E-state index in [0.717, 1.165) is 21.8 Å². The van der Waals surface area contributed by atoms with Gasteiger partial charge in [0, 0.05) is 11.3 Å². The van der Waals surface area contributed by atoms with E-state index in [-0.39, 0.29) is 0 Å². The molecule has 2 heterocycles. The van der Waals surface area contributed by atoms with Crippen LogP contribution in [0.15, 0.2) is 28.2 Å². The second kappa shape index (κ2) is 3.69. The average Bonchev–Trinajstić information content (AvgIpc) is 2.77. The summed E-state index contributed by atoms with van der Waals surface area (Å²) in [5, 5.41) is 11.0. The highest BCUT2D eigenvalue weighted by Crippen LogP contribution is 2.24. The number of hydrogen-bond donors (Lipinski definition) is 0. The van der Waals surface area contributed by atoms with Crippen molar-refractivity contribution in [2.45, 2.75) is 13.3 Å². The summed E-state index contributed by atoms with van der Waals surface area (Å²) < 4.78 is 5.24. The van der Waals surface area contributed by atoms with Crippen LogP contribution in [0.3, 0.4) is 0 Å². The van der Waals surface area contributed by atoms with Crippen molar-refractivity contribution in [1.82, 2.24) is 0 Å². The van der Waals surface area contributed by atoms with Crippen LogP contribution in [-0.2, 0) is 6.42 Å². The highest BCUT2D eigenvalue weighted by Gasteiger charge is 2.09. The number of nitriles is 1. The van der Waals surface area contributed by atoms with E-state index in [1.54, 1.807) is 17.6 Å². The SMILES string of the molecule is Cc1csc(Cc2ccco2)c1C#N. The highest BCUT2D eigenvalue weighted by atomic mass is 32.1. The van der Waals surface area contributed by atoms with E-state index < -0.39 is 0 Å². The van der Waals surface area contributed by atoms with Gasteiger partial charge in [-0.3, -0.25) is 0 Å². The zero-order valence-corrected chi connectivity index (χ0v) is 8.60. The lowest BCUT2D eigenvalue weighted by atomic mass is 10.1. The molecule has 2 nitrogen and oxygen atoms in total. The van der Waals surface area contributed by atoms with E-state index in [9.17, 15) is 0 Å². The van der Waals surface area contributed by atoms with Crippen molar-refractivity contribution >= 4 is 11.3 Å². The molecule has 2 rings (SSSR count). The van der Waals surface area contributed by atoms with E-state index in [2.05, 4.69) is 6.07 Å². The fraction of sp³-hybridized carbons (Fsp3) is 0.182. The van der Waals surface area contributed by atoms with Crippen molar-refractivity contribution < 1.29 is 4.42 Å². The smallest absolute Gasteiger partial charge is 0.109 e. The lowest BCUT2D eigenvalue weighted by Gasteiger charge is -1.94. The third-order valence-corrected chi connectivity index (χ3v) is 3.18. The van der Waals surface area contributed by atoms with Crippen LogP contribution < -0.4 is 0 Å². The zero-order chi connectivity index (χ0) is 9.97. The molecule has 14 heavy (non-hydrogen) atoms. The van der Waals surface area contributed by atoms with E-state index in [0.29, 0.717) is 6.42 Å². The summed E-state index contributed by atoms with van der Waals surface area (Å²) in [5.74, 6) is 0.906. The highest BCUT2D eigenvalue weighted by molar-refractivity contribution is 7.10. The maximum Gasteiger partial charge on any atom is 0.109 e. The molecule has 0 bridgehead atoms. The Bertz CT molecular complexity index is 462. The van der Waals surface area contributed by atoms with Gasteiger partial charge < -0.3 is 4.42 Å². The lowest BCUT2D eigenvalue weighted by molar-refractivity contribution is 0.522. The molecule has 0 spiro atoms. The van der Waals surface area contributed by atoms with Gasteiger partial charge in [-0.2, -0.15) is 5.26 Å². The normalized spacial score (nSPS) is 10.0. The molecule has 0 N–H and O–H groups in total. The van der Waals surface area contributed by atoms with E-state index >= 15 is 0 Å². The summed E-state index contributed by atoms with van der Waals surface area (Å²) in [7, 11) is 0. The van der Waals surface area contributed by atoms with Crippen molar-refractivity contribution in [3.8, 4) is 6.07 Å². The molecule has 0 unspecified atom stereocenters. The predicted molar refractivity (Wildman–Crippen MR) is 55.3 cm³/mol. The van der Waals surface area contributed by atoms with Gasteiger partial charge in [-0.05, 0) is 30.0 Å². The molecule has 0 saturated carbocycles. The molecule has 0 amide bonds. The Kier molecular flexibility index (Phi) is 2.38. The van der Waals surface area contributed by atoms with Gasteiger partial charge in [0.15, 0.2) is 0 Å². The first kappa shape index (κ1) is 9.04. The minimum absolute atomic E-state index is 0.717. The molecule has 0 fully saturated rings. The molecule has 0 aromatic carbocycles. The standard InChI is InChI=1S/C11H9NOS/c1-8-7-14-11(10(8)6-12)5-9-3-2-4-13-9/h2-4,7H,5H2,1H3. The van der Waals surface area contributed by atoms with Crippen LogP contribution in [-0.4, -0.2) is 0 Å². The van der Waals surface area contributed by atoms with Crippen LogP contribution in [0.5, 0.6) is 0 Å². The Morgan fingerprint density at radius 1 is 1.57 bits per heavy atom. The topological polar surface area (TPSA) is 36.9 Å². The number of thiophene rings is 1. The second-order valence-corrected chi connectivity index (χ2v) is 4.05. The van der Waals surface area contributed by atoms with Gasteiger partial charge in [-0.15, -0.1) is 11.3 Å². The molecule has 2 aromatic heterocycles. The molecule has 2 aromatic rings. The van der Waals surface area contributed by atoms with Crippen LogP contribution in [0.25, 0.3) is 0 Å². The number of rotatable bonds is 2. The molecule has 0 aliphatic carbocycles. The Morgan fingerprint density at radius 2 is 2.43 bits per heavy atom. The number of furan rings is 1. The second-order valence-electron chi connectivity index (χ2n) is 3.08. The van der Waals surface area contributed by atoms with Crippen LogP contribution in [0, 0.1) is 18.3 Å². The molecule has 70 valence electrons. The first-order chi connectivity index (χ1) is 6.81. The minimum Gasteiger partial charge on any atom is -0.469 e. The van der Waals surface area contributed by atoms with Gasteiger partial charge >= 0.3 is 0 Å². The molecule has 0 radical (unpaired) electrons. The fourth-order valence-corrected chi connectivity index (χ4v) is 2.34. The Morgan fingerprint density at radius 3 is 3.07 bits per heavy atom. The van der Waals surface area contributed by atoms with E-state index in [4.69, 9.17) is 9.68 Å². The number of aryl methyl sites for hydroxylation is 1. The summed E-state index contributed by atoms with van der Waals surface area (Å²) >= 11 is 1.62. The molecular formula is C11H9NOS. The van der Waals surface area contributed by atoms with Gasteiger partial charge in [0.25, 0.3) is 0 Å². The van der Waals surface area contributed by atoms with Crippen LogP contribution in [0.4, 0.5) is 0 Å². The van der Waals surface area contributed by atoms with Gasteiger partial charge in [0.05, 0.1) is 11.8 Å². The van der Waals surface area contributed by atoms with Crippen molar-refractivity contribution in [1.29, 1.82) is 5.26 Å². The first-order valence-corrected chi connectivity index (χ1v) is 5.18. The minimum atomic E-state index is 0.717. The van der Waals surface area contributed by atoms with Crippen LogP contribution >= 0.6 is 11.3 Å². The molecule has 0 aliphatic heterocycles. The van der Waals surface area contributed by atoms with Crippen LogP contribution in [0.2, 0.25) is 0 Å². The van der Waals surface area contributed by atoms with Crippen molar-refractivity contribution in [3.63, 3.8) is 0 Å². The Hall–Kier alpha value is -1.53. The third kappa shape index (κ3) is 1.57. The van der Waals surface area contributed by atoms with Gasteiger partial charge in [0.1, 0.15) is 11.8 Å². The first-order valence-electron chi connectivity index (χ1n) is 4.30. The average molecular weight is 203 g/mol. The van der Waals surface area contributed by atoms with Crippen molar-refractivity contribution in [2.75, 3.05) is 0 Å². The largest absolute Gasteiger partial charge is 0.469 e. The summed E-state index contributed by atoms with van der Waals surface area (Å²) in [5.41, 5.74) is 1.85. The summed E-state index contributed by atoms with van der Waals surface area (Å²) in [4.78, 5) is 1.08. The zero-order valence-electron chi connectivity index (χ0n) is 7.78. The van der Waals surface area contributed by atoms with Gasteiger partial charge in [-0.1, -0.05) is 0 Å². The molecule has 3 heteroatoms. The van der Waals surface area contributed by atoms with Crippen molar-refractivity contribution in [2.24, 2.45) is 0 Å². The molecule has 0 saturated heterocycles. The fourth-order valence-electron chi connectivity index (χ4n) is 1.35. The quantitative estimate of drug-likeness (QED) is 0.752. The van der Waals surface area contributed by atoms with Crippen LogP contribution in [0.1, 0.15) is 21.8 Å². The molecule has 0 aliphatic rings. The Labute approximate surface area is 86.4 Å². The third-order valence-electron chi connectivity index (χ3n) is 2.08. The van der Waals surface area contributed by atoms with E-state index in [1.807, 2.05) is 24.4 Å². The van der Waals surface area contributed by atoms with E-state index in [1.165, 1.54) is 0 Å². The maximum absolute atomic E-state index is 8.94.